The minimum Gasteiger partial charge on any atom is -0.446 e. The van der Waals surface area contributed by atoms with Crippen molar-refractivity contribution in [3.63, 3.8) is 0 Å². The maximum atomic E-state index is 11.7. The van der Waals surface area contributed by atoms with Crippen LogP contribution in [0.25, 0.3) is 0 Å². The average Bonchev–Trinajstić information content (AvgIpc) is 2.75. The van der Waals surface area contributed by atoms with Crippen LogP contribution in [0.15, 0.2) is 26.6 Å². The smallest absolute Gasteiger partial charge is 0.204 e. The molecule has 0 aliphatic heterocycles. The summed E-state index contributed by atoms with van der Waals surface area (Å²) in [6.45, 7) is 1.91. The van der Waals surface area contributed by atoms with Crippen LogP contribution < -0.4 is 0 Å². The number of carbonyl (C=O) groups excluding carboxylic acids is 1. The van der Waals surface area contributed by atoms with Crippen molar-refractivity contribution in [3.8, 4) is 0 Å². The summed E-state index contributed by atoms with van der Waals surface area (Å²) in [5, 5.41) is 2.76. The Hall–Kier alpha value is -0.940. The van der Waals surface area contributed by atoms with Crippen LogP contribution in [-0.4, -0.2) is 10.8 Å². The third-order valence-corrected chi connectivity index (χ3v) is 3.22. The molecule has 78 valence electrons. The number of carbonyl (C=O) groups is 1. The molecule has 0 aliphatic carbocycles. The zero-order valence-electron chi connectivity index (χ0n) is 7.99. The molecule has 0 aliphatic rings. The van der Waals surface area contributed by atoms with Gasteiger partial charge in [-0.05, 0) is 35.0 Å². The Bertz CT molecular complexity index is 489. The normalized spacial score (nSPS) is 10.5. The van der Waals surface area contributed by atoms with Gasteiger partial charge in [0, 0.05) is 11.1 Å². The quantitative estimate of drug-likeness (QED) is 0.813. The topological polar surface area (TPSA) is 43.1 Å². The van der Waals surface area contributed by atoms with Crippen molar-refractivity contribution in [2.75, 3.05) is 0 Å². The van der Waals surface area contributed by atoms with Gasteiger partial charge in [0.2, 0.25) is 5.78 Å². The Morgan fingerprint density at radius 2 is 2.40 bits per heavy atom. The van der Waals surface area contributed by atoms with Crippen molar-refractivity contribution in [1.29, 1.82) is 0 Å². The van der Waals surface area contributed by atoms with Crippen LogP contribution in [-0.2, 0) is 6.42 Å². The van der Waals surface area contributed by atoms with Crippen molar-refractivity contribution in [2.24, 2.45) is 0 Å². The molecule has 5 heteroatoms. The zero-order valence-corrected chi connectivity index (χ0v) is 10.4. The molecule has 2 heterocycles. The lowest BCUT2D eigenvalue weighted by molar-refractivity contribution is 0.0965. The first kappa shape index (κ1) is 10.6. The number of furan rings is 1. The van der Waals surface area contributed by atoms with E-state index in [0.717, 1.165) is 10.7 Å². The van der Waals surface area contributed by atoms with Gasteiger partial charge in [-0.1, -0.05) is 0 Å². The van der Waals surface area contributed by atoms with Crippen LogP contribution in [0.4, 0.5) is 0 Å². The van der Waals surface area contributed by atoms with Gasteiger partial charge in [-0.15, -0.1) is 11.3 Å². The van der Waals surface area contributed by atoms with E-state index in [-0.39, 0.29) is 5.78 Å². The number of hydrogen-bond acceptors (Lipinski definition) is 4. The molecule has 0 atom stereocenters. The summed E-state index contributed by atoms with van der Waals surface area (Å²) in [4.78, 5) is 15.9. The standard InChI is InChI=1S/C10H8BrNO2S/c1-6-5-15-10(12-6)4-7(13)8-2-3-9(11)14-8/h2-3,5H,4H2,1H3. The first-order valence-electron chi connectivity index (χ1n) is 4.34. The first-order valence-corrected chi connectivity index (χ1v) is 6.02. The highest BCUT2D eigenvalue weighted by Crippen LogP contribution is 2.17. The Morgan fingerprint density at radius 3 is 2.93 bits per heavy atom. The van der Waals surface area contributed by atoms with E-state index in [1.54, 1.807) is 12.1 Å². The molecule has 3 nitrogen and oxygen atoms in total. The van der Waals surface area contributed by atoms with Crippen LogP contribution in [0.5, 0.6) is 0 Å². The molecule has 0 N–H and O–H groups in total. The van der Waals surface area contributed by atoms with E-state index < -0.39 is 0 Å². The summed E-state index contributed by atoms with van der Waals surface area (Å²) in [5.74, 6) is 0.324. The Labute approximate surface area is 99.3 Å². The van der Waals surface area contributed by atoms with Crippen molar-refractivity contribution < 1.29 is 9.21 Å². The molecule has 0 aromatic carbocycles. The van der Waals surface area contributed by atoms with Gasteiger partial charge in [-0.2, -0.15) is 0 Å². The van der Waals surface area contributed by atoms with Gasteiger partial charge in [0.15, 0.2) is 10.4 Å². The number of nitrogens with zero attached hydrogens (tertiary/aromatic N) is 1. The van der Waals surface area contributed by atoms with E-state index in [1.165, 1.54) is 11.3 Å². The highest BCUT2D eigenvalue weighted by Gasteiger charge is 2.13. The summed E-state index contributed by atoms with van der Waals surface area (Å²) in [6.07, 6.45) is 0.304. The van der Waals surface area contributed by atoms with Crippen molar-refractivity contribution >= 4 is 33.0 Å². The molecule has 15 heavy (non-hydrogen) atoms. The van der Waals surface area contributed by atoms with Crippen LogP contribution in [0.2, 0.25) is 0 Å². The van der Waals surface area contributed by atoms with Gasteiger partial charge in [-0.25, -0.2) is 4.98 Å². The number of halogens is 1. The van der Waals surface area contributed by atoms with Gasteiger partial charge in [0.1, 0.15) is 5.01 Å². The van der Waals surface area contributed by atoms with Crippen molar-refractivity contribution in [3.05, 3.63) is 38.6 Å². The lowest BCUT2D eigenvalue weighted by atomic mass is 10.2. The van der Waals surface area contributed by atoms with Crippen LogP contribution >= 0.6 is 27.3 Å². The maximum absolute atomic E-state index is 11.7. The highest BCUT2D eigenvalue weighted by molar-refractivity contribution is 9.10. The van der Waals surface area contributed by atoms with E-state index >= 15 is 0 Å². The van der Waals surface area contributed by atoms with Crippen LogP contribution in [0.3, 0.4) is 0 Å². The fourth-order valence-electron chi connectivity index (χ4n) is 1.17. The third kappa shape index (κ3) is 2.54. The second-order valence-electron chi connectivity index (χ2n) is 3.09. The van der Waals surface area contributed by atoms with E-state index in [4.69, 9.17) is 4.42 Å². The average molecular weight is 286 g/mol. The summed E-state index contributed by atoms with van der Waals surface area (Å²) in [7, 11) is 0. The molecule has 0 radical (unpaired) electrons. The second-order valence-corrected chi connectivity index (χ2v) is 4.81. The van der Waals surface area contributed by atoms with Gasteiger partial charge in [0.05, 0.1) is 6.42 Å². The van der Waals surface area contributed by atoms with Crippen LogP contribution in [0, 0.1) is 6.92 Å². The second kappa shape index (κ2) is 4.28. The van der Waals surface area contributed by atoms with Gasteiger partial charge < -0.3 is 4.42 Å². The van der Waals surface area contributed by atoms with E-state index in [9.17, 15) is 4.79 Å². The molecule has 0 unspecified atom stereocenters. The summed E-state index contributed by atoms with van der Waals surface area (Å²) in [6, 6.07) is 3.37. The first-order chi connectivity index (χ1) is 7.15. The van der Waals surface area contributed by atoms with E-state index in [2.05, 4.69) is 20.9 Å². The molecular weight excluding hydrogens is 278 g/mol. The molecule has 2 rings (SSSR count). The SMILES string of the molecule is Cc1csc(CC(=O)c2ccc(Br)o2)n1. The molecule has 2 aromatic rings. The summed E-state index contributed by atoms with van der Waals surface area (Å²) >= 11 is 4.65. The molecular formula is C10H8BrNO2S. The number of hydrogen-bond donors (Lipinski definition) is 0. The van der Waals surface area contributed by atoms with Gasteiger partial charge >= 0.3 is 0 Å². The van der Waals surface area contributed by atoms with Gasteiger partial charge in [-0.3, -0.25) is 4.79 Å². The fraction of sp³-hybridized carbons (Fsp3) is 0.200. The minimum atomic E-state index is -0.0462. The monoisotopic (exact) mass is 285 g/mol. The van der Waals surface area contributed by atoms with Gasteiger partial charge in [0.25, 0.3) is 0 Å². The predicted octanol–water partition coefficient (Wildman–Crippen LogP) is 3.23. The molecule has 0 saturated heterocycles. The predicted molar refractivity (Wildman–Crippen MR) is 61.3 cm³/mol. The number of ketones is 1. The largest absolute Gasteiger partial charge is 0.446 e. The third-order valence-electron chi connectivity index (χ3n) is 1.83. The van der Waals surface area contributed by atoms with Crippen molar-refractivity contribution in [1.82, 2.24) is 4.98 Å². The summed E-state index contributed by atoms with van der Waals surface area (Å²) < 4.78 is 5.74. The number of rotatable bonds is 3. The molecule has 2 aromatic heterocycles. The fourth-order valence-corrected chi connectivity index (χ4v) is 2.25. The lowest BCUT2D eigenvalue weighted by Gasteiger charge is -1.92. The highest BCUT2D eigenvalue weighted by atomic mass is 79.9. The summed E-state index contributed by atoms with van der Waals surface area (Å²) in [5.41, 5.74) is 0.948. The number of Topliss-reactive ketones (excluding diaryl/α,β-unsaturated/α-hetero) is 1. The number of thiazole rings is 1. The maximum Gasteiger partial charge on any atom is 0.204 e. The van der Waals surface area contributed by atoms with E-state index in [0.29, 0.717) is 16.9 Å². The Kier molecular flexibility index (Phi) is 3.02. The number of aromatic nitrogens is 1. The molecule has 0 bridgehead atoms. The molecule has 0 fully saturated rings. The van der Waals surface area contributed by atoms with E-state index in [1.807, 2.05) is 12.3 Å². The minimum absolute atomic E-state index is 0.0462. The molecule has 0 amide bonds. The number of aryl methyl sites for hydroxylation is 1. The zero-order chi connectivity index (χ0) is 10.8. The van der Waals surface area contributed by atoms with Crippen molar-refractivity contribution in [2.45, 2.75) is 13.3 Å². The Balaban J connectivity index is 2.10. The lowest BCUT2D eigenvalue weighted by Crippen LogP contribution is -2.01. The van der Waals surface area contributed by atoms with Crippen LogP contribution in [0.1, 0.15) is 21.3 Å². The molecule has 0 spiro atoms. The Morgan fingerprint density at radius 1 is 1.60 bits per heavy atom. The molecule has 0 saturated carbocycles.